The van der Waals surface area contributed by atoms with Crippen molar-refractivity contribution < 1.29 is 4.52 Å². The quantitative estimate of drug-likeness (QED) is 0.802. The summed E-state index contributed by atoms with van der Waals surface area (Å²) in [5.74, 6) is 1.61. The van der Waals surface area contributed by atoms with Gasteiger partial charge in [0.05, 0.1) is 6.54 Å². The molecule has 0 unspecified atom stereocenters. The summed E-state index contributed by atoms with van der Waals surface area (Å²) in [7, 11) is 0. The Hall–Kier alpha value is -0.940. The van der Waals surface area contributed by atoms with Gasteiger partial charge in [0, 0.05) is 32.6 Å². The van der Waals surface area contributed by atoms with Crippen molar-refractivity contribution in [2.75, 3.05) is 26.2 Å². The predicted molar refractivity (Wildman–Crippen MR) is 61.1 cm³/mol. The van der Waals surface area contributed by atoms with Crippen molar-refractivity contribution in [2.45, 2.75) is 32.7 Å². The van der Waals surface area contributed by atoms with Crippen molar-refractivity contribution >= 4 is 0 Å². The number of rotatable bonds is 5. The zero-order chi connectivity index (χ0) is 11.2. The minimum absolute atomic E-state index is 0.784. The van der Waals surface area contributed by atoms with Gasteiger partial charge in [0.15, 0.2) is 5.82 Å². The molecule has 1 N–H and O–H groups in total. The summed E-state index contributed by atoms with van der Waals surface area (Å²) in [6.07, 6.45) is 3.19. The van der Waals surface area contributed by atoms with E-state index in [0.717, 1.165) is 63.7 Å². The fourth-order valence-corrected chi connectivity index (χ4v) is 1.85. The van der Waals surface area contributed by atoms with Gasteiger partial charge in [-0.2, -0.15) is 4.98 Å². The Bertz CT molecular complexity index is 307. The van der Waals surface area contributed by atoms with E-state index in [0.29, 0.717) is 0 Å². The van der Waals surface area contributed by atoms with Crippen LogP contribution in [0.2, 0.25) is 0 Å². The fourth-order valence-electron chi connectivity index (χ4n) is 1.85. The summed E-state index contributed by atoms with van der Waals surface area (Å²) < 4.78 is 5.20. The molecule has 0 radical (unpaired) electrons. The summed E-state index contributed by atoms with van der Waals surface area (Å²) in [5.41, 5.74) is 0. The molecular formula is C11H20N4O. The van der Waals surface area contributed by atoms with Gasteiger partial charge in [-0.25, -0.2) is 0 Å². The van der Waals surface area contributed by atoms with Gasteiger partial charge >= 0.3 is 0 Å². The van der Waals surface area contributed by atoms with Crippen LogP contribution in [0.3, 0.4) is 0 Å². The van der Waals surface area contributed by atoms with E-state index < -0.39 is 0 Å². The van der Waals surface area contributed by atoms with Gasteiger partial charge in [-0.1, -0.05) is 18.5 Å². The molecule has 1 aromatic rings. The average molecular weight is 224 g/mol. The molecule has 2 rings (SSSR count). The Morgan fingerprint density at radius 1 is 1.38 bits per heavy atom. The van der Waals surface area contributed by atoms with Crippen LogP contribution < -0.4 is 5.32 Å². The highest BCUT2D eigenvalue weighted by molar-refractivity contribution is 4.87. The number of hydrogen-bond acceptors (Lipinski definition) is 5. The van der Waals surface area contributed by atoms with E-state index in [1.807, 2.05) is 0 Å². The fraction of sp³-hybridized carbons (Fsp3) is 0.818. The standard InChI is InChI=1S/C11H20N4O/c1-2-3-4-11-13-10(14-16-11)9-15-7-5-12-6-8-15/h12H,2-9H2,1H3. The lowest BCUT2D eigenvalue weighted by Crippen LogP contribution is -2.43. The van der Waals surface area contributed by atoms with Crippen molar-refractivity contribution in [3.8, 4) is 0 Å². The van der Waals surface area contributed by atoms with Crippen molar-refractivity contribution in [3.05, 3.63) is 11.7 Å². The monoisotopic (exact) mass is 224 g/mol. The molecule has 0 saturated carbocycles. The van der Waals surface area contributed by atoms with E-state index in [1.165, 1.54) is 0 Å². The van der Waals surface area contributed by atoms with Crippen molar-refractivity contribution in [3.63, 3.8) is 0 Å². The third kappa shape index (κ3) is 3.28. The third-order valence-corrected chi connectivity index (χ3v) is 2.83. The third-order valence-electron chi connectivity index (χ3n) is 2.83. The lowest BCUT2D eigenvalue weighted by molar-refractivity contribution is 0.224. The van der Waals surface area contributed by atoms with Crippen molar-refractivity contribution in [1.29, 1.82) is 0 Å². The van der Waals surface area contributed by atoms with E-state index in [4.69, 9.17) is 4.52 Å². The Morgan fingerprint density at radius 3 is 2.94 bits per heavy atom. The van der Waals surface area contributed by atoms with Crippen LogP contribution in [0, 0.1) is 0 Å². The Kier molecular flexibility index (Phi) is 4.30. The summed E-state index contributed by atoms with van der Waals surface area (Å²) >= 11 is 0. The van der Waals surface area contributed by atoms with Crippen LogP contribution in [0.4, 0.5) is 0 Å². The SMILES string of the molecule is CCCCc1nc(CN2CCNCC2)no1. The van der Waals surface area contributed by atoms with Crippen molar-refractivity contribution in [2.24, 2.45) is 0 Å². The molecule has 1 saturated heterocycles. The molecular weight excluding hydrogens is 204 g/mol. The van der Waals surface area contributed by atoms with Crippen LogP contribution in [0.1, 0.15) is 31.5 Å². The van der Waals surface area contributed by atoms with Gasteiger partial charge in [-0.05, 0) is 6.42 Å². The first kappa shape index (κ1) is 11.5. The van der Waals surface area contributed by atoms with E-state index in [-0.39, 0.29) is 0 Å². The molecule has 0 spiro atoms. The molecule has 0 bridgehead atoms. The summed E-state index contributed by atoms with van der Waals surface area (Å²) in [5, 5.41) is 7.34. The Balaban J connectivity index is 1.81. The second kappa shape index (κ2) is 5.96. The summed E-state index contributed by atoms with van der Waals surface area (Å²) in [4.78, 5) is 6.75. The number of aromatic nitrogens is 2. The first-order chi connectivity index (χ1) is 7.88. The lowest BCUT2D eigenvalue weighted by atomic mass is 10.2. The Morgan fingerprint density at radius 2 is 2.19 bits per heavy atom. The highest BCUT2D eigenvalue weighted by atomic mass is 16.5. The van der Waals surface area contributed by atoms with E-state index in [1.54, 1.807) is 0 Å². The largest absolute Gasteiger partial charge is 0.339 e. The molecule has 1 aliphatic rings. The van der Waals surface area contributed by atoms with Crippen LogP contribution in [-0.4, -0.2) is 41.2 Å². The van der Waals surface area contributed by atoms with E-state index in [2.05, 4.69) is 27.3 Å². The molecule has 90 valence electrons. The number of piperazine rings is 1. The molecule has 16 heavy (non-hydrogen) atoms. The smallest absolute Gasteiger partial charge is 0.226 e. The number of unbranched alkanes of at least 4 members (excludes halogenated alkanes) is 1. The van der Waals surface area contributed by atoms with Crippen molar-refractivity contribution in [1.82, 2.24) is 20.4 Å². The maximum absolute atomic E-state index is 5.20. The number of nitrogens with zero attached hydrogens (tertiary/aromatic N) is 3. The van der Waals surface area contributed by atoms with E-state index >= 15 is 0 Å². The van der Waals surface area contributed by atoms with Gasteiger partial charge in [-0.15, -0.1) is 0 Å². The van der Waals surface area contributed by atoms with Crippen LogP contribution in [0.25, 0.3) is 0 Å². The zero-order valence-electron chi connectivity index (χ0n) is 9.91. The molecule has 2 heterocycles. The summed E-state index contributed by atoms with van der Waals surface area (Å²) in [6.45, 7) is 7.23. The number of hydrogen-bond donors (Lipinski definition) is 1. The van der Waals surface area contributed by atoms with Crippen LogP contribution >= 0.6 is 0 Å². The molecule has 0 atom stereocenters. The molecule has 5 nitrogen and oxygen atoms in total. The zero-order valence-corrected chi connectivity index (χ0v) is 9.91. The van der Waals surface area contributed by atoms with Gasteiger partial charge < -0.3 is 9.84 Å². The van der Waals surface area contributed by atoms with Gasteiger partial charge in [0.2, 0.25) is 5.89 Å². The second-order valence-corrected chi connectivity index (χ2v) is 4.23. The maximum atomic E-state index is 5.20. The van der Waals surface area contributed by atoms with Crippen LogP contribution in [0.5, 0.6) is 0 Å². The van der Waals surface area contributed by atoms with Gasteiger partial charge in [0.25, 0.3) is 0 Å². The van der Waals surface area contributed by atoms with Gasteiger partial charge in [-0.3, -0.25) is 4.90 Å². The van der Waals surface area contributed by atoms with Crippen LogP contribution in [-0.2, 0) is 13.0 Å². The minimum Gasteiger partial charge on any atom is -0.339 e. The number of nitrogens with one attached hydrogen (secondary N) is 1. The topological polar surface area (TPSA) is 54.2 Å². The first-order valence-corrected chi connectivity index (χ1v) is 6.13. The molecule has 0 aliphatic carbocycles. The average Bonchev–Trinajstić information content (AvgIpc) is 2.75. The molecule has 1 aliphatic heterocycles. The second-order valence-electron chi connectivity index (χ2n) is 4.23. The van der Waals surface area contributed by atoms with Gasteiger partial charge in [0.1, 0.15) is 0 Å². The Labute approximate surface area is 96.2 Å². The first-order valence-electron chi connectivity index (χ1n) is 6.13. The highest BCUT2D eigenvalue weighted by Gasteiger charge is 2.13. The highest BCUT2D eigenvalue weighted by Crippen LogP contribution is 2.05. The normalized spacial score (nSPS) is 17.8. The molecule has 1 fully saturated rings. The van der Waals surface area contributed by atoms with Crippen LogP contribution in [0.15, 0.2) is 4.52 Å². The molecule has 0 amide bonds. The molecule has 0 aromatic carbocycles. The lowest BCUT2D eigenvalue weighted by Gasteiger charge is -2.25. The maximum Gasteiger partial charge on any atom is 0.226 e. The minimum atomic E-state index is 0.784. The summed E-state index contributed by atoms with van der Waals surface area (Å²) in [6, 6.07) is 0. The predicted octanol–water partition coefficient (Wildman–Crippen LogP) is 0.817. The number of aryl methyl sites for hydroxylation is 1. The van der Waals surface area contributed by atoms with E-state index in [9.17, 15) is 0 Å². The molecule has 1 aromatic heterocycles. The molecule has 5 heteroatoms.